The summed E-state index contributed by atoms with van der Waals surface area (Å²) in [4.78, 5) is 29.3. The number of nitrogens with zero attached hydrogens (tertiary/aromatic N) is 2. The lowest BCUT2D eigenvalue weighted by Gasteiger charge is -2.32. The van der Waals surface area contributed by atoms with E-state index in [-0.39, 0.29) is 5.91 Å². The Morgan fingerprint density at radius 2 is 2.05 bits per heavy atom. The normalized spacial score (nSPS) is 19.3. The van der Waals surface area contributed by atoms with Gasteiger partial charge < -0.3 is 10.0 Å². The molecule has 1 aromatic heterocycles. The predicted molar refractivity (Wildman–Crippen MR) is 70.0 cm³/mol. The van der Waals surface area contributed by atoms with E-state index in [4.69, 9.17) is 0 Å². The van der Waals surface area contributed by atoms with Gasteiger partial charge in [-0.15, -0.1) is 0 Å². The summed E-state index contributed by atoms with van der Waals surface area (Å²) in [7, 11) is 0. The van der Waals surface area contributed by atoms with Crippen LogP contribution in [0.4, 0.5) is 0 Å². The van der Waals surface area contributed by atoms with Crippen LogP contribution in [0.25, 0.3) is 0 Å². The van der Waals surface area contributed by atoms with Crippen LogP contribution in [0.1, 0.15) is 41.0 Å². The van der Waals surface area contributed by atoms with E-state index in [1.165, 1.54) is 4.90 Å². The molecule has 102 valence electrons. The molecular weight excluding hydrogens is 244 g/mol. The van der Waals surface area contributed by atoms with Crippen molar-refractivity contribution in [2.75, 3.05) is 6.54 Å². The molecular formula is C14H18N2O3. The first kappa shape index (κ1) is 13.5. The van der Waals surface area contributed by atoms with Crippen LogP contribution in [-0.4, -0.2) is 39.5 Å². The third-order valence-electron chi connectivity index (χ3n) is 3.37. The van der Waals surface area contributed by atoms with Gasteiger partial charge in [-0.1, -0.05) is 0 Å². The van der Waals surface area contributed by atoms with E-state index in [0.717, 1.165) is 24.1 Å². The smallest absolute Gasteiger partial charge is 0.326 e. The number of hydrogen-bond acceptors (Lipinski definition) is 3. The van der Waals surface area contributed by atoms with Crippen molar-refractivity contribution in [3.63, 3.8) is 0 Å². The minimum Gasteiger partial charge on any atom is -0.480 e. The number of carbonyl (C=O) groups excluding carboxylic acids is 1. The average Bonchev–Trinajstić information content (AvgIpc) is 2.36. The number of carbonyl (C=O) groups is 2. The molecule has 1 aliphatic heterocycles. The molecule has 0 saturated carbocycles. The average molecular weight is 262 g/mol. The number of hydrogen-bond donors (Lipinski definition) is 1. The van der Waals surface area contributed by atoms with Crippen molar-refractivity contribution in [1.82, 2.24) is 9.88 Å². The number of piperidine rings is 1. The lowest BCUT2D eigenvalue weighted by molar-refractivity contribution is -0.143. The highest BCUT2D eigenvalue weighted by Gasteiger charge is 2.33. The standard InChI is InChI=1S/C14H18N2O3/c1-9-7-10(2)15-11(8-9)13(17)16-6-4-3-5-12(16)14(18)19/h7-8,12H,3-6H2,1-2H3,(H,18,19)/t12-/m1/s1. The van der Waals surface area contributed by atoms with Gasteiger partial charge in [0, 0.05) is 12.2 Å². The van der Waals surface area contributed by atoms with Crippen molar-refractivity contribution in [3.8, 4) is 0 Å². The molecule has 5 heteroatoms. The predicted octanol–water partition coefficient (Wildman–Crippen LogP) is 1.78. The van der Waals surface area contributed by atoms with E-state index in [1.54, 1.807) is 6.07 Å². The number of rotatable bonds is 2. The van der Waals surface area contributed by atoms with Crippen LogP contribution in [0.15, 0.2) is 12.1 Å². The van der Waals surface area contributed by atoms with Crippen molar-refractivity contribution >= 4 is 11.9 Å². The lowest BCUT2D eigenvalue weighted by Crippen LogP contribution is -2.48. The lowest BCUT2D eigenvalue weighted by atomic mass is 10.0. The van der Waals surface area contributed by atoms with E-state index in [2.05, 4.69) is 4.98 Å². The summed E-state index contributed by atoms with van der Waals surface area (Å²) < 4.78 is 0. The number of carboxylic acids is 1. The Kier molecular flexibility index (Phi) is 3.83. The minimum absolute atomic E-state index is 0.279. The highest BCUT2D eigenvalue weighted by Crippen LogP contribution is 2.20. The number of aromatic nitrogens is 1. The van der Waals surface area contributed by atoms with Crippen LogP contribution in [0.3, 0.4) is 0 Å². The van der Waals surface area contributed by atoms with Crippen molar-refractivity contribution in [1.29, 1.82) is 0 Å². The Morgan fingerprint density at radius 3 is 2.68 bits per heavy atom. The molecule has 1 atom stereocenters. The molecule has 0 unspecified atom stereocenters. The van der Waals surface area contributed by atoms with Gasteiger partial charge in [-0.25, -0.2) is 9.78 Å². The second kappa shape index (κ2) is 5.38. The molecule has 19 heavy (non-hydrogen) atoms. The van der Waals surface area contributed by atoms with Crippen LogP contribution in [0.5, 0.6) is 0 Å². The maximum Gasteiger partial charge on any atom is 0.326 e. The second-order valence-electron chi connectivity index (χ2n) is 5.02. The quantitative estimate of drug-likeness (QED) is 0.882. The Hall–Kier alpha value is -1.91. The molecule has 0 spiro atoms. The summed E-state index contributed by atoms with van der Waals surface area (Å²) in [5.41, 5.74) is 2.07. The molecule has 1 N–H and O–H groups in total. The highest BCUT2D eigenvalue weighted by molar-refractivity contribution is 5.95. The van der Waals surface area contributed by atoms with Gasteiger partial charge in [-0.3, -0.25) is 4.79 Å². The number of aliphatic carboxylic acids is 1. The molecule has 0 radical (unpaired) electrons. The topological polar surface area (TPSA) is 70.5 Å². The Balaban J connectivity index is 2.28. The Morgan fingerprint density at radius 1 is 1.32 bits per heavy atom. The van der Waals surface area contributed by atoms with E-state index in [1.807, 2.05) is 19.9 Å². The minimum atomic E-state index is -0.933. The Labute approximate surface area is 112 Å². The number of likely N-dealkylation sites (tertiary alicyclic amines) is 1. The molecule has 5 nitrogen and oxygen atoms in total. The largest absolute Gasteiger partial charge is 0.480 e. The Bertz CT molecular complexity index is 493. The van der Waals surface area contributed by atoms with Gasteiger partial charge in [0.1, 0.15) is 11.7 Å². The van der Waals surface area contributed by atoms with Crippen LogP contribution < -0.4 is 0 Å². The zero-order chi connectivity index (χ0) is 14.0. The fourth-order valence-electron chi connectivity index (χ4n) is 2.53. The van der Waals surface area contributed by atoms with E-state index in [0.29, 0.717) is 18.7 Å². The number of carboxylic acid groups (broad SMARTS) is 1. The van der Waals surface area contributed by atoms with Crippen molar-refractivity contribution < 1.29 is 14.7 Å². The van der Waals surface area contributed by atoms with Gasteiger partial charge in [-0.2, -0.15) is 0 Å². The molecule has 0 aromatic carbocycles. The zero-order valence-corrected chi connectivity index (χ0v) is 11.2. The summed E-state index contributed by atoms with van der Waals surface area (Å²) in [5, 5.41) is 9.20. The van der Waals surface area contributed by atoms with Crippen molar-refractivity contribution in [3.05, 3.63) is 29.1 Å². The maximum absolute atomic E-state index is 12.4. The SMILES string of the molecule is Cc1cc(C)nc(C(=O)N2CCCC[C@@H]2C(=O)O)c1. The van der Waals surface area contributed by atoms with Crippen LogP contribution in [0.2, 0.25) is 0 Å². The molecule has 2 heterocycles. The van der Waals surface area contributed by atoms with Gasteiger partial charge in [0.05, 0.1) is 0 Å². The summed E-state index contributed by atoms with van der Waals surface area (Å²) in [6, 6.07) is 2.88. The van der Waals surface area contributed by atoms with Gasteiger partial charge in [0.2, 0.25) is 0 Å². The van der Waals surface area contributed by atoms with Crippen LogP contribution in [0, 0.1) is 13.8 Å². The summed E-state index contributed by atoms with van der Waals surface area (Å²) in [6.45, 7) is 4.22. The number of aryl methyl sites for hydroxylation is 2. The molecule has 1 saturated heterocycles. The molecule has 0 aliphatic carbocycles. The molecule has 1 aromatic rings. The first-order valence-corrected chi connectivity index (χ1v) is 6.48. The van der Waals surface area contributed by atoms with Gasteiger partial charge >= 0.3 is 5.97 Å². The van der Waals surface area contributed by atoms with Crippen LogP contribution >= 0.6 is 0 Å². The third kappa shape index (κ3) is 2.92. The number of pyridine rings is 1. The third-order valence-corrected chi connectivity index (χ3v) is 3.37. The van der Waals surface area contributed by atoms with Gasteiger partial charge in [0.25, 0.3) is 5.91 Å². The molecule has 1 fully saturated rings. The maximum atomic E-state index is 12.4. The first-order chi connectivity index (χ1) is 8.99. The highest BCUT2D eigenvalue weighted by atomic mass is 16.4. The number of amides is 1. The first-order valence-electron chi connectivity index (χ1n) is 6.48. The zero-order valence-electron chi connectivity index (χ0n) is 11.2. The molecule has 0 bridgehead atoms. The van der Waals surface area contributed by atoms with Crippen molar-refractivity contribution in [2.45, 2.75) is 39.2 Å². The fourth-order valence-corrected chi connectivity index (χ4v) is 2.53. The van der Waals surface area contributed by atoms with E-state index >= 15 is 0 Å². The monoisotopic (exact) mass is 262 g/mol. The molecule has 1 amide bonds. The van der Waals surface area contributed by atoms with E-state index < -0.39 is 12.0 Å². The van der Waals surface area contributed by atoms with Crippen LogP contribution in [-0.2, 0) is 4.79 Å². The molecule has 2 rings (SSSR count). The second-order valence-corrected chi connectivity index (χ2v) is 5.02. The molecule has 1 aliphatic rings. The summed E-state index contributed by atoms with van der Waals surface area (Å²) in [6.07, 6.45) is 2.22. The van der Waals surface area contributed by atoms with Crippen molar-refractivity contribution in [2.24, 2.45) is 0 Å². The van der Waals surface area contributed by atoms with E-state index in [9.17, 15) is 14.7 Å². The fraction of sp³-hybridized carbons (Fsp3) is 0.500. The summed E-state index contributed by atoms with van der Waals surface area (Å²) in [5.74, 6) is -1.21. The summed E-state index contributed by atoms with van der Waals surface area (Å²) >= 11 is 0. The van der Waals surface area contributed by atoms with Gasteiger partial charge in [-0.05, 0) is 50.8 Å². The van der Waals surface area contributed by atoms with Gasteiger partial charge in [0.15, 0.2) is 0 Å².